The molecule has 0 spiro atoms. The van der Waals surface area contributed by atoms with Gasteiger partial charge in [-0.25, -0.2) is 9.59 Å². The number of hydrogen-bond acceptors (Lipinski definition) is 5. The van der Waals surface area contributed by atoms with Crippen LogP contribution in [0.15, 0.2) is 54.6 Å². The molecule has 186 valence electrons. The molecule has 2 aromatic carbocycles. The van der Waals surface area contributed by atoms with E-state index < -0.39 is 11.9 Å². The fourth-order valence-corrected chi connectivity index (χ4v) is 4.18. The second kappa shape index (κ2) is 15.1. The van der Waals surface area contributed by atoms with E-state index in [-0.39, 0.29) is 0 Å². The summed E-state index contributed by atoms with van der Waals surface area (Å²) in [6.45, 7) is 6.46. The normalized spacial score (nSPS) is 17.9. The summed E-state index contributed by atoms with van der Waals surface area (Å²) in [5.74, 6) is -2.10. The van der Waals surface area contributed by atoms with Gasteiger partial charge in [-0.15, -0.1) is 0 Å². The molecule has 0 saturated carbocycles. The van der Waals surface area contributed by atoms with Crippen molar-refractivity contribution in [2.45, 2.75) is 45.1 Å². The first-order valence-corrected chi connectivity index (χ1v) is 11.9. The molecule has 1 saturated heterocycles. The topological polar surface area (TPSA) is 96.3 Å². The monoisotopic (exact) mass is 471 g/mol. The highest BCUT2D eigenvalue weighted by Gasteiger charge is 2.28. The molecular weight excluding hydrogens is 434 g/mol. The van der Waals surface area contributed by atoms with Crippen molar-refractivity contribution >= 4 is 11.9 Å². The van der Waals surface area contributed by atoms with Gasteiger partial charge in [0.2, 0.25) is 0 Å². The Kier molecular flexibility index (Phi) is 12.1. The molecule has 1 heterocycles. The van der Waals surface area contributed by atoms with Crippen LogP contribution in [0.25, 0.3) is 11.1 Å². The number of carboxylic acid groups (broad SMARTS) is 2. The number of ether oxygens (including phenoxy) is 2. The average Bonchev–Trinajstić information content (AvgIpc) is 2.86. The van der Waals surface area contributed by atoms with E-state index in [9.17, 15) is 0 Å². The zero-order valence-electron chi connectivity index (χ0n) is 20.2. The standard InChI is InChI=1S/C25H35NO2.C2H2O4/c1-3-4-10-17-26-18-15-22(25(20-26)27-2)16-19-28-24-14-9-8-13-23(24)21-11-6-5-7-12-21;3-1(4)2(5)6/h5-9,11-14,22,25H,3-4,10,15-20H2,1-2H3;(H,3,4)(H,5,6)/t22-,25-;/m1./s1. The number of methoxy groups -OCH3 is 1. The highest BCUT2D eigenvalue weighted by atomic mass is 16.5. The fourth-order valence-electron chi connectivity index (χ4n) is 4.18. The van der Waals surface area contributed by atoms with Gasteiger partial charge < -0.3 is 24.6 Å². The van der Waals surface area contributed by atoms with E-state index in [1.807, 2.05) is 13.2 Å². The van der Waals surface area contributed by atoms with Crippen LogP contribution in [0, 0.1) is 5.92 Å². The van der Waals surface area contributed by atoms with Crippen molar-refractivity contribution in [3.05, 3.63) is 54.6 Å². The Morgan fingerprint density at radius 1 is 1.00 bits per heavy atom. The van der Waals surface area contributed by atoms with Crippen LogP contribution in [-0.2, 0) is 14.3 Å². The first kappa shape index (κ1) is 27.3. The van der Waals surface area contributed by atoms with E-state index in [1.165, 1.54) is 44.3 Å². The third-order valence-electron chi connectivity index (χ3n) is 6.06. The Morgan fingerprint density at radius 3 is 2.32 bits per heavy atom. The Labute approximate surface area is 202 Å². The second-order valence-corrected chi connectivity index (χ2v) is 8.44. The average molecular weight is 472 g/mol. The summed E-state index contributed by atoms with van der Waals surface area (Å²) in [5, 5.41) is 14.8. The van der Waals surface area contributed by atoms with E-state index in [1.54, 1.807) is 0 Å². The maximum absolute atomic E-state index is 9.10. The van der Waals surface area contributed by atoms with Crippen LogP contribution >= 0.6 is 0 Å². The van der Waals surface area contributed by atoms with Gasteiger partial charge in [0, 0.05) is 19.2 Å². The number of rotatable bonds is 10. The Hall–Kier alpha value is -2.90. The summed E-state index contributed by atoms with van der Waals surface area (Å²) in [5.41, 5.74) is 2.37. The van der Waals surface area contributed by atoms with Gasteiger partial charge in [-0.1, -0.05) is 68.3 Å². The fraction of sp³-hybridized carbons (Fsp3) is 0.481. The van der Waals surface area contributed by atoms with Crippen molar-refractivity contribution in [2.75, 3.05) is 33.4 Å². The molecule has 0 unspecified atom stereocenters. The van der Waals surface area contributed by atoms with Crippen LogP contribution in [0.1, 0.15) is 39.0 Å². The number of likely N-dealkylation sites (tertiary alicyclic amines) is 1. The van der Waals surface area contributed by atoms with Crippen molar-refractivity contribution < 1.29 is 29.3 Å². The van der Waals surface area contributed by atoms with Gasteiger partial charge in [0.05, 0.1) is 12.7 Å². The third kappa shape index (κ3) is 9.15. The van der Waals surface area contributed by atoms with Crippen molar-refractivity contribution in [3.63, 3.8) is 0 Å². The van der Waals surface area contributed by atoms with Gasteiger partial charge in [-0.2, -0.15) is 0 Å². The van der Waals surface area contributed by atoms with Crippen LogP contribution in [0.5, 0.6) is 5.75 Å². The molecular formula is C27H37NO6. The summed E-state index contributed by atoms with van der Waals surface area (Å²) < 4.78 is 12.1. The van der Waals surface area contributed by atoms with E-state index in [4.69, 9.17) is 29.3 Å². The number of carboxylic acids is 2. The lowest BCUT2D eigenvalue weighted by molar-refractivity contribution is -0.159. The number of piperidine rings is 1. The summed E-state index contributed by atoms with van der Waals surface area (Å²) in [4.78, 5) is 20.8. The summed E-state index contributed by atoms with van der Waals surface area (Å²) in [6.07, 6.45) is 6.48. The lowest BCUT2D eigenvalue weighted by atomic mass is 9.90. The zero-order chi connectivity index (χ0) is 24.8. The minimum Gasteiger partial charge on any atom is -0.493 e. The smallest absolute Gasteiger partial charge is 0.414 e. The molecule has 34 heavy (non-hydrogen) atoms. The molecule has 2 N–H and O–H groups in total. The number of aliphatic carboxylic acids is 2. The van der Waals surface area contributed by atoms with Crippen LogP contribution < -0.4 is 4.74 Å². The number of para-hydroxylation sites is 1. The number of unbranched alkanes of at least 4 members (excludes halogenated alkanes) is 2. The molecule has 0 bridgehead atoms. The van der Waals surface area contributed by atoms with Crippen molar-refractivity contribution in [3.8, 4) is 16.9 Å². The van der Waals surface area contributed by atoms with E-state index >= 15 is 0 Å². The van der Waals surface area contributed by atoms with E-state index in [2.05, 4.69) is 60.4 Å². The van der Waals surface area contributed by atoms with Gasteiger partial charge in [0.25, 0.3) is 0 Å². The minimum atomic E-state index is -1.82. The quantitative estimate of drug-likeness (QED) is 0.379. The van der Waals surface area contributed by atoms with Crippen molar-refractivity contribution in [1.29, 1.82) is 0 Å². The van der Waals surface area contributed by atoms with Crippen LogP contribution in [0.2, 0.25) is 0 Å². The summed E-state index contributed by atoms with van der Waals surface area (Å²) in [7, 11) is 1.86. The number of carbonyl (C=O) groups is 2. The molecule has 0 aromatic heterocycles. The molecule has 7 heteroatoms. The second-order valence-electron chi connectivity index (χ2n) is 8.44. The van der Waals surface area contributed by atoms with Gasteiger partial charge in [-0.05, 0) is 49.9 Å². The zero-order valence-corrected chi connectivity index (χ0v) is 20.2. The predicted octanol–water partition coefficient (Wildman–Crippen LogP) is 4.81. The molecule has 2 aromatic rings. The van der Waals surface area contributed by atoms with Crippen LogP contribution in [-0.4, -0.2) is 66.5 Å². The van der Waals surface area contributed by atoms with Gasteiger partial charge >= 0.3 is 11.9 Å². The molecule has 0 radical (unpaired) electrons. The Balaban J connectivity index is 0.000000604. The molecule has 1 aliphatic rings. The van der Waals surface area contributed by atoms with E-state index in [0.717, 1.165) is 30.9 Å². The van der Waals surface area contributed by atoms with Crippen LogP contribution in [0.3, 0.4) is 0 Å². The van der Waals surface area contributed by atoms with Crippen LogP contribution in [0.4, 0.5) is 0 Å². The molecule has 0 amide bonds. The number of hydrogen-bond donors (Lipinski definition) is 2. The largest absolute Gasteiger partial charge is 0.493 e. The number of nitrogens with zero attached hydrogens (tertiary/aromatic N) is 1. The Bertz CT molecular complexity index is 860. The summed E-state index contributed by atoms with van der Waals surface area (Å²) >= 11 is 0. The lowest BCUT2D eigenvalue weighted by Crippen LogP contribution is -2.45. The van der Waals surface area contributed by atoms with Crippen molar-refractivity contribution in [2.24, 2.45) is 5.92 Å². The molecule has 1 fully saturated rings. The highest BCUT2D eigenvalue weighted by Crippen LogP contribution is 2.30. The minimum absolute atomic E-state index is 0.323. The Morgan fingerprint density at radius 2 is 1.68 bits per heavy atom. The molecule has 0 aliphatic carbocycles. The first-order valence-electron chi connectivity index (χ1n) is 11.9. The van der Waals surface area contributed by atoms with Crippen molar-refractivity contribution in [1.82, 2.24) is 4.90 Å². The molecule has 2 atom stereocenters. The predicted molar refractivity (Wildman–Crippen MR) is 132 cm³/mol. The molecule has 3 rings (SSSR count). The van der Waals surface area contributed by atoms with Gasteiger partial charge in [0.1, 0.15) is 5.75 Å². The maximum atomic E-state index is 9.10. The molecule has 7 nitrogen and oxygen atoms in total. The summed E-state index contributed by atoms with van der Waals surface area (Å²) in [6, 6.07) is 18.8. The number of benzene rings is 2. The maximum Gasteiger partial charge on any atom is 0.414 e. The SMILES string of the molecule is CCCCCN1CC[C@H](CCOc2ccccc2-c2ccccc2)[C@H](OC)C1.O=C(O)C(=O)O. The first-order chi connectivity index (χ1) is 16.5. The highest BCUT2D eigenvalue weighted by molar-refractivity contribution is 6.27. The third-order valence-corrected chi connectivity index (χ3v) is 6.06. The van der Waals surface area contributed by atoms with Gasteiger partial charge in [0.15, 0.2) is 0 Å². The van der Waals surface area contributed by atoms with E-state index in [0.29, 0.717) is 12.0 Å². The lowest BCUT2D eigenvalue weighted by Gasteiger charge is -2.37. The van der Waals surface area contributed by atoms with Gasteiger partial charge in [-0.3, -0.25) is 0 Å². The molecule has 1 aliphatic heterocycles.